The molecule has 10 rings (SSSR count). The highest BCUT2D eigenvalue weighted by Gasteiger charge is 2.22. The second-order valence-electron chi connectivity index (χ2n) is 13.7. The number of hydrogen-bond donors (Lipinski definition) is 5. The van der Waals surface area contributed by atoms with E-state index in [1.54, 1.807) is 6.07 Å². The molecule has 0 aliphatic carbocycles. The molecule has 6 heterocycles. The van der Waals surface area contributed by atoms with Crippen LogP contribution in [0.3, 0.4) is 0 Å². The van der Waals surface area contributed by atoms with Crippen LogP contribution in [0.5, 0.6) is 0 Å². The van der Waals surface area contributed by atoms with Crippen molar-refractivity contribution in [1.82, 2.24) is 30.6 Å². The summed E-state index contributed by atoms with van der Waals surface area (Å²) >= 11 is 6.02. The minimum Gasteiger partial charge on any atom is -0.388 e. The number of carbonyl (C=O) groups is 2. The fourth-order valence-electron chi connectivity index (χ4n) is 7.15. The number of carbonyl (C=O) groups excluding carboxylic acids is 2. The van der Waals surface area contributed by atoms with E-state index in [4.69, 9.17) is 16.6 Å². The van der Waals surface area contributed by atoms with Crippen molar-refractivity contribution in [2.24, 2.45) is 0 Å². The molecule has 4 aromatic carbocycles. The number of rotatable bonds is 5. The second kappa shape index (κ2) is 16.4. The van der Waals surface area contributed by atoms with Crippen molar-refractivity contribution in [3.63, 3.8) is 0 Å². The quantitative estimate of drug-likeness (QED) is 0.111. The van der Waals surface area contributed by atoms with Crippen molar-refractivity contribution >= 4 is 62.4 Å². The van der Waals surface area contributed by atoms with Gasteiger partial charge >= 0.3 is 0 Å². The smallest absolute Gasteiger partial charge is 0.253 e. The van der Waals surface area contributed by atoms with Crippen molar-refractivity contribution in [3.05, 3.63) is 161 Å². The van der Waals surface area contributed by atoms with Crippen molar-refractivity contribution < 1.29 is 9.59 Å². The molecule has 0 bridgehead atoms. The van der Waals surface area contributed by atoms with Crippen LogP contribution < -0.4 is 20.9 Å². The van der Waals surface area contributed by atoms with E-state index < -0.39 is 0 Å². The third-order valence-electron chi connectivity index (χ3n) is 10.1. The molecule has 2 amide bonds. The Hall–Kier alpha value is -6.91. The van der Waals surface area contributed by atoms with Crippen molar-refractivity contribution in [2.45, 2.75) is 12.8 Å². The Bertz CT molecular complexity index is 2710. The molecule has 5 N–H and O–H groups in total. The van der Waals surface area contributed by atoms with Crippen LogP contribution in [-0.2, 0) is 12.8 Å². The van der Waals surface area contributed by atoms with Gasteiger partial charge in [0.25, 0.3) is 11.8 Å². The van der Waals surface area contributed by atoms with Crippen LogP contribution in [0.25, 0.3) is 44.3 Å². The predicted octanol–water partition coefficient (Wildman–Crippen LogP) is 9.18. The van der Waals surface area contributed by atoms with E-state index in [0.29, 0.717) is 18.2 Å². The number of H-pyrrole nitrogens is 2. The number of aromatic nitrogens is 4. The second-order valence-corrected chi connectivity index (χ2v) is 14.1. The zero-order chi connectivity index (χ0) is 39.3. The lowest BCUT2D eigenvalue weighted by Gasteiger charge is -2.19. The van der Waals surface area contributed by atoms with Gasteiger partial charge in [0, 0.05) is 96.1 Å². The topological polar surface area (TPSA) is 131 Å². The molecule has 10 nitrogen and oxygen atoms in total. The maximum absolute atomic E-state index is 12.1. The van der Waals surface area contributed by atoms with Gasteiger partial charge < -0.3 is 30.8 Å². The number of hydrogen-bond acceptors (Lipinski definition) is 6. The van der Waals surface area contributed by atoms with Crippen molar-refractivity contribution in [3.8, 4) is 22.5 Å². The predicted molar refractivity (Wildman–Crippen MR) is 231 cm³/mol. The minimum atomic E-state index is -0.0232. The lowest BCUT2D eigenvalue weighted by Crippen LogP contribution is -2.31. The number of amides is 2. The Balaban J connectivity index is 0.000000137. The molecule has 8 aromatic rings. The molecule has 284 valence electrons. The van der Waals surface area contributed by atoms with Crippen LogP contribution in [0.4, 0.5) is 17.2 Å². The number of benzene rings is 4. The van der Waals surface area contributed by atoms with Crippen LogP contribution in [0.2, 0.25) is 5.15 Å². The first kappa shape index (κ1) is 37.0. The molecule has 57 heavy (non-hydrogen) atoms. The molecule has 4 aromatic heterocycles. The fraction of sp³-hybridized carbons (Fsp3) is 0.130. The first-order chi connectivity index (χ1) is 27.9. The zero-order valence-electron chi connectivity index (χ0n) is 31.6. The number of halogens is 1. The molecular formula is C46H41ClN8O2. The summed E-state index contributed by atoms with van der Waals surface area (Å²) in [5, 5.41) is 11.3. The van der Waals surface area contributed by atoms with E-state index in [1.807, 2.05) is 111 Å². The molecule has 0 saturated heterocycles. The fourth-order valence-corrected chi connectivity index (χ4v) is 7.29. The van der Waals surface area contributed by atoms with Gasteiger partial charge in [-0.2, -0.15) is 0 Å². The van der Waals surface area contributed by atoms with E-state index in [-0.39, 0.29) is 11.8 Å². The van der Waals surface area contributed by atoms with Crippen LogP contribution in [0.15, 0.2) is 133 Å². The van der Waals surface area contributed by atoms with E-state index in [9.17, 15) is 9.59 Å². The summed E-state index contributed by atoms with van der Waals surface area (Å²) in [4.78, 5) is 42.3. The lowest BCUT2D eigenvalue weighted by molar-refractivity contribution is 0.0937. The van der Waals surface area contributed by atoms with Crippen molar-refractivity contribution in [2.75, 3.05) is 37.4 Å². The monoisotopic (exact) mass is 772 g/mol. The highest BCUT2D eigenvalue weighted by molar-refractivity contribution is 6.29. The summed E-state index contributed by atoms with van der Waals surface area (Å²) < 4.78 is 0. The van der Waals surface area contributed by atoms with Gasteiger partial charge in [-0.25, -0.2) is 9.97 Å². The third-order valence-corrected chi connectivity index (χ3v) is 10.3. The Labute approximate surface area is 335 Å². The molecule has 0 unspecified atom stereocenters. The molecule has 0 spiro atoms. The number of pyridine rings is 2. The average molecular weight is 773 g/mol. The molecule has 2 aliphatic heterocycles. The normalized spacial score (nSPS) is 12.9. The lowest BCUT2D eigenvalue weighted by atomic mass is 10.1. The Kier molecular flexibility index (Phi) is 10.7. The van der Waals surface area contributed by atoms with Gasteiger partial charge in [-0.05, 0) is 60.7 Å². The molecule has 0 saturated carbocycles. The van der Waals surface area contributed by atoms with Crippen molar-refractivity contribution in [1.29, 1.82) is 0 Å². The summed E-state index contributed by atoms with van der Waals surface area (Å²) in [7, 11) is 3.93. The number of fused-ring (bicyclic) bond motifs is 4. The summed E-state index contributed by atoms with van der Waals surface area (Å²) in [6, 6.07) is 44.0. The molecular weight excluding hydrogens is 732 g/mol. The van der Waals surface area contributed by atoms with Crippen LogP contribution >= 0.6 is 11.6 Å². The van der Waals surface area contributed by atoms with Crippen LogP contribution in [0.1, 0.15) is 32.1 Å². The summed E-state index contributed by atoms with van der Waals surface area (Å²) in [5.74, 6) is 0.839. The van der Waals surface area contributed by atoms with Gasteiger partial charge in [0.2, 0.25) is 0 Å². The number of anilines is 3. The van der Waals surface area contributed by atoms with Gasteiger partial charge in [-0.3, -0.25) is 9.59 Å². The number of nitrogens with zero attached hydrogens (tertiary/aromatic N) is 3. The molecule has 0 atom stereocenters. The van der Waals surface area contributed by atoms with Gasteiger partial charge in [-0.15, -0.1) is 0 Å². The third kappa shape index (κ3) is 7.94. The van der Waals surface area contributed by atoms with E-state index in [0.717, 1.165) is 96.9 Å². The minimum absolute atomic E-state index is 0.0126. The number of aromatic amines is 2. The van der Waals surface area contributed by atoms with E-state index >= 15 is 0 Å². The van der Waals surface area contributed by atoms with Crippen LogP contribution in [0, 0.1) is 0 Å². The van der Waals surface area contributed by atoms with Crippen LogP contribution in [-0.4, -0.2) is 58.9 Å². The Morgan fingerprint density at radius 2 is 1.12 bits per heavy atom. The molecule has 0 fully saturated rings. The summed E-state index contributed by atoms with van der Waals surface area (Å²) in [6.45, 7) is 1.34. The van der Waals surface area contributed by atoms with E-state index in [2.05, 4.69) is 66.1 Å². The number of nitrogens with one attached hydrogen (secondary N) is 5. The molecule has 11 heteroatoms. The maximum Gasteiger partial charge on any atom is 0.253 e. The first-order valence-electron chi connectivity index (χ1n) is 18.8. The Morgan fingerprint density at radius 1 is 0.596 bits per heavy atom. The highest BCUT2D eigenvalue weighted by atomic mass is 35.5. The van der Waals surface area contributed by atoms with Gasteiger partial charge in [-0.1, -0.05) is 84.4 Å². The average Bonchev–Trinajstić information content (AvgIpc) is 3.91. The zero-order valence-corrected chi connectivity index (χ0v) is 32.3. The SMILES string of the molecule is CN(c1ccccc1)c1ccc2cccc(-c3cc4c([nH]3)CCNC4=O)c2n1.CNc1ccccc1.O=C1NCCc2[nH]c(-c3cccc4ccc(Cl)nc34)cc21. The van der Waals surface area contributed by atoms with Gasteiger partial charge in [0.1, 0.15) is 11.0 Å². The standard InChI is InChI=1S/C23H20N4O.C16H12ClN3O.C7H9N/c1-27(16-7-3-2-4-8-16)21-11-10-15-6-5-9-17(22(15)26-21)20-14-18-19(25-20)12-13-24-23(18)28;17-14-5-4-9-2-1-3-10(15(9)20-14)13-8-11-12(19-13)6-7-18-16(11)21;1-8-7-5-3-2-4-6-7/h2-11,14,25H,12-13H2,1H3,(H,24,28);1-5,8,19H,6-7H2,(H,18,21);2-6,8H,1H3. The van der Waals surface area contributed by atoms with Gasteiger partial charge in [0.05, 0.1) is 22.2 Å². The number of para-hydroxylation sites is 4. The highest BCUT2D eigenvalue weighted by Crippen LogP contribution is 2.33. The van der Waals surface area contributed by atoms with Gasteiger partial charge in [0.15, 0.2) is 0 Å². The maximum atomic E-state index is 12.1. The molecule has 2 aliphatic rings. The Morgan fingerprint density at radius 3 is 1.65 bits per heavy atom. The summed E-state index contributed by atoms with van der Waals surface area (Å²) in [6.07, 6.45) is 1.64. The van der Waals surface area contributed by atoms with E-state index in [1.165, 1.54) is 0 Å². The summed E-state index contributed by atoms with van der Waals surface area (Å²) in [5.41, 5.74) is 11.2. The molecule has 0 radical (unpaired) electrons. The first-order valence-corrected chi connectivity index (χ1v) is 19.2. The largest absolute Gasteiger partial charge is 0.388 e.